The molecule has 35 heavy (non-hydrogen) atoms. The summed E-state index contributed by atoms with van der Waals surface area (Å²) in [4.78, 5) is 82.7. The Labute approximate surface area is 202 Å². The molecule has 0 fully saturated rings. The second-order valence-corrected chi connectivity index (χ2v) is 8.12. The van der Waals surface area contributed by atoms with Crippen molar-refractivity contribution in [1.82, 2.24) is 16.0 Å². The number of carboxylic acid groups (broad SMARTS) is 1. The van der Waals surface area contributed by atoms with E-state index in [0.29, 0.717) is 6.42 Å². The van der Waals surface area contributed by atoms with E-state index in [1.165, 1.54) is 0 Å². The van der Waals surface area contributed by atoms with Crippen molar-refractivity contribution in [2.24, 2.45) is 28.9 Å². The summed E-state index contributed by atoms with van der Waals surface area (Å²) in [5, 5.41) is 16.2. The topological polar surface area (TPSA) is 280 Å². The monoisotopic (exact) mass is 501 g/mol. The average Bonchev–Trinajstić information content (AvgIpc) is 2.76. The van der Waals surface area contributed by atoms with Crippen molar-refractivity contribution >= 4 is 41.4 Å². The van der Waals surface area contributed by atoms with Gasteiger partial charge in [0.25, 0.3) is 0 Å². The number of aliphatic carboxylic acids is 1. The van der Waals surface area contributed by atoms with Crippen LogP contribution < -0.4 is 38.9 Å². The lowest BCUT2D eigenvalue weighted by Crippen LogP contribution is -2.59. The minimum absolute atomic E-state index is 0.0510. The van der Waals surface area contributed by atoms with Crippen LogP contribution in [0, 0.1) is 5.92 Å². The van der Waals surface area contributed by atoms with E-state index in [2.05, 4.69) is 16.0 Å². The Hall–Kier alpha value is -3.75. The van der Waals surface area contributed by atoms with Gasteiger partial charge in [-0.05, 0) is 18.8 Å². The van der Waals surface area contributed by atoms with Crippen LogP contribution in [-0.4, -0.2) is 70.7 Å². The number of primary amides is 3. The maximum atomic E-state index is 12.9. The Kier molecular flexibility index (Phi) is 13.6. The summed E-state index contributed by atoms with van der Waals surface area (Å²) in [5.74, 6) is -6.93. The largest absolute Gasteiger partial charge is 0.480 e. The number of carbonyl (C=O) groups is 7. The van der Waals surface area contributed by atoms with E-state index in [0.717, 1.165) is 0 Å². The molecule has 0 aliphatic carbocycles. The molecule has 0 aliphatic rings. The van der Waals surface area contributed by atoms with Gasteiger partial charge in [-0.1, -0.05) is 20.3 Å². The quantitative estimate of drug-likeness (QED) is 0.0971. The Balaban J connectivity index is 5.56. The number of hydrogen-bond donors (Lipinski definition) is 8. The fourth-order valence-electron chi connectivity index (χ4n) is 2.88. The number of hydrogen-bond acceptors (Lipinski definition) is 8. The number of rotatable bonds is 17. The second-order valence-electron chi connectivity index (χ2n) is 8.12. The molecule has 198 valence electrons. The highest BCUT2D eigenvalue weighted by Gasteiger charge is 2.33. The molecule has 5 unspecified atom stereocenters. The predicted octanol–water partition coefficient (Wildman–Crippen LogP) is -3.69. The molecule has 0 aromatic rings. The van der Waals surface area contributed by atoms with Crippen LogP contribution >= 0.6 is 0 Å². The van der Waals surface area contributed by atoms with Crippen molar-refractivity contribution in [3.8, 4) is 0 Å². The molecule has 0 bridgehead atoms. The highest BCUT2D eigenvalue weighted by atomic mass is 16.4. The van der Waals surface area contributed by atoms with E-state index in [-0.39, 0.29) is 25.7 Å². The highest BCUT2D eigenvalue weighted by Crippen LogP contribution is 2.10. The van der Waals surface area contributed by atoms with Gasteiger partial charge >= 0.3 is 5.97 Å². The van der Waals surface area contributed by atoms with Crippen molar-refractivity contribution in [2.45, 2.75) is 76.5 Å². The van der Waals surface area contributed by atoms with Gasteiger partial charge < -0.3 is 44.0 Å². The van der Waals surface area contributed by atoms with Crippen LogP contribution in [0.4, 0.5) is 0 Å². The molecule has 0 heterocycles. The third-order valence-electron chi connectivity index (χ3n) is 5.16. The van der Waals surface area contributed by atoms with Crippen molar-refractivity contribution in [3.05, 3.63) is 0 Å². The summed E-state index contributed by atoms with van der Waals surface area (Å²) in [6, 6.07) is -5.40. The van der Waals surface area contributed by atoms with Crippen LogP contribution in [0.25, 0.3) is 0 Å². The van der Waals surface area contributed by atoms with Crippen LogP contribution in [0.5, 0.6) is 0 Å². The molecule has 0 spiro atoms. The van der Waals surface area contributed by atoms with Crippen LogP contribution in [0.15, 0.2) is 0 Å². The first-order valence-electron chi connectivity index (χ1n) is 10.9. The Morgan fingerprint density at radius 1 is 0.743 bits per heavy atom. The van der Waals surface area contributed by atoms with E-state index < -0.39 is 77.9 Å². The number of amides is 6. The Morgan fingerprint density at radius 2 is 1.26 bits per heavy atom. The summed E-state index contributed by atoms with van der Waals surface area (Å²) in [5.41, 5.74) is 21.0. The molecule has 0 rings (SSSR count). The van der Waals surface area contributed by atoms with E-state index in [4.69, 9.17) is 22.9 Å². The summed E-state index contributed by atoms with van der Waals surface area (Å²) in [6.07, 6.45) is -1.08. The zero-order valence-electron chi connectivity index (χ0n) is 19.7. The Morgan fingerprint density at radius 3 is 1.71 bits per heavy atom. The van der Waals surface area contributed by atoms with Gasteiger partial charge in [-0.3, -0.25) is 28.8 Å². The van der Waals surface area contributed by atoms with Gasteiger partial charge in [-0.15, -0.1) is 0 Å². The lowest BCUT2D eigenvalue weighted by molar-refractivity contribution is -0.143. The number of nitrogens with two attached hydrogens (primary N) is 4. The van der Waals surface area contributed by atoms with E-state index >= 15 is 0 Å². The molecular formula is C20H35N7O8. The van der Waals surface area contributed by atoms with Crippen molar-refractivity contribution < 1.29 is 38.7 Å². The fourth-order valence-corrected chi connectivity index (χ4v) is 2.88. The molecule has 5 atom stereocenters. The Bertz CT molecular complexity index is 819. The summed E-state index contributed by atoms with van der Waals surface area (Å²) in [7, 11) is 0. The predicted molar refractivity (Wildman–Crippen MR) is 122 cm³/mol. The van der Waals surface area contributed by atoms with Gasteiger partial charge in [-0.2, -0.15) is 0 Å². The second kappa shape index (κ2) is 15.2. The number of carboxylic acids is 1. The molecule has 0 aromatic carbocycles. The van der Waals surface area contributed by atoms with E-state index in [1.54, 1.807) is 13.8 Å². The molecule has 15 heteroatoms. The van der Waals surface area contributed by atoms with Gasteiger partial charge in [0, 0.05) is 12.8 Å². The first kappa shape index (κ1) is 31.2. The first-order chi connectivity index (χ1) is 16.2. The van der Waals surface area contributed by atoms with Gasteiger partial charge in [0.1, 0.15) is 18.1 Å². The molecule has 0 aliphatic heterocycles. The molecule has 0 saturated carbocycles. The van der Waals surface area contributed by atoms with E-state index in [1.807, 2.05) is 0 Å². The third-order valence-corrected chi connectivity index (χ3v) is 5.16. The molecule has 0 aromatic heterocycles. The molecular weight excluding hydrogens is 466 g/mol. The van der Waals surface area contributed by atoms with Gasteiger partial charge in [-0.25, -0.2) is 4.79 Å². The average molecular weight is 502 g/mol. The van der Waals surface area contributed by atoms with Crippen molar-refractivity contribution in [3.63, 3.8) is 0 Å². The fraction of sp³-hybridized carbons (Fsp3) is 0.650. The molecule has 12 N–H and O–H groups in total. The van der Waals surface area contributed by atoms with Gasteiger partial charge in [0.2, 0.25) is 35.4 Å². The van der Waals surface area contributed by atoms with E-state index in [9.17, 15) is 38.7 Å². The summed E-state index contributed by atoms with van der Waals surface area (Å²) < 4.78 is 0. The third kappa shape index (κ3) is 12.3. The summed E-state index contributed by atoms with van der Waals surface area (Å²) in [6.45, 7) is 3.39. The smallest absolute Gasteiger partial charge is 0.326 e. The van der Waals surface area contributed by atoms with Crippen LogP contribution in [0.2, 0.25) is 0 Å². The van der Waals surface area contributed by atoms with Gasteiger partial charge in [0.15, 0.2) is 0 Å². The first-order valence-corrected chi connectivity index (χ1v) is 10.9. The minimum Gasteiger partial charge on any atom is -0.480 e. The zero-order chi connectivity index (χ0) is 27.3. The van der Waals surface area contributed by atoms with Crippen molar-refractivity contribution in [1.29, 1.82) is 0 Å². The SMILES string of the molecule is CCC(C)C(NC(=O)C(N)CCC(N)=O)C(=O)NC(CC(N)=O)C(=O)NC(CCC(N)=O)C(=O)O. The zero-order valence-corrected chi connectivity index (χ0v) is 19.7. The van der Waals surface area contributed by atoms with Crippen molar-refractivity contribution in [2.75, 3.05) is 0 Å². The lowest BCUT2D eigenvalue weighted by atomic mass is 9.97. The number of carbonyl (C=O) groups excluding carboxylic acids is 6. The normalized spacial score (nSPS) is 14.9. The molecule has 6 amide bonds. The van der Waals surface area contributed by atoms with Crippen LogP contribution in [-0.2, 0) is 33.6 Å². The minimum atomic E-state index is -1.57. The maximum Gasteiger partial charge on any atom is 0.326 e. The number of nitrogens with one attached hydrogen (secondary N) is 3. The molecule has 0 radical (unpaired) electrons. The maximum absolute atomic E-state index is 12.9. The lowest BCUT2D eigenvalue weighted by Gasteiger charge is -2.27. The standard InChI is InChI=1S/C20H35N7O8/c1-3-9(2)16(27-17(31)10(21)4-6-13(22)28)19(33)26-12(8-15(24)30)18(32)25-11(20(34)35)5-7-14(23)29/h9-12,16H,3-8,21H2,1-2H3,(H2,22,28)(H2,23,29)(H2,24,30)(H,25,32)(H,26,33)(H,27,31)(H,34,35). The van der Waals surface area contributed by atoms with Crippen LogP contribution in [0.3, 0.4) is 0 Å². The summed E-state index contributed by atoms with van der Waals surface area (Å²) >= 11 is 0. The molecule has 0 saturated heterocycles. The van der Waals surface area contributed by atoms with Gasteiger partial charge in [0.05, 0.1) is 12.5 Å². The molecule has 15 nitrogen and oxygen atoms in total. The van der Waals surface area contributed by atoms with Crippen LogP contribution in [0.1, 0.15) is 52.4 Å². The highest BCUT2D eigenvalue weighted by molar-refractivity contribution is 5.96.